The zero-order valence-corrected chi connectivity index (χ0v) is 42.1. The topological polar surface area (TPSA) is 78.9 Å². The average molecular weight is 885 g/mol. The van der Waals surface area contributed by atoms with E-state index in [1.807, 2.05) is 0 Å². The molecule has 0 N–H and O–H groups in total. The number of esters is 3. The molecule has 0 saturated carbocycles. The van der Waals surface area contributed by atoms with Gasteiger partial charge >= 0.3 is 17.9 Å². The van der Waals surface area contributed by atoms with E-state index < -0.39 is 6.10 Å². The molecule has 1 atom stereocenters. The highest BCUT2D eigenvalue weighted by Crippen LogP contribution is 2.15. The molecular formula is C57H104O6. The number of ether oxygens (including phenoxy) is 3. The molecule has 0 bridgehead atoms. The maximum absolute atomic E-state index is 12.8. The molecule has 0 rings (SSSR count). The summed E-state index contributed by atoms with van der Waals surface area (Å²) in [5.74, 6) is -0.904. The third-order valence-corrected chi connectivity index (χ3v) is 12.1. The maximum atomic E-state index is 12.8. The van der Waals surface area contributed by atoms with E-state index in [0.29, 0.717) is 19.3 Å². The lowest BCUT2D eigenvalue weighted by atomic mass is 10.1. The summed E-state index contributed by atoms with van der Waals surface area (Å²) in [6.07, 6.45) is 61.3. The number of hydrogen-bond donors (Lipinski definition) is 0. The van der Waals surface area contributed by atoms with E-state index in [1.165, 1.54) is 167 Å². The van der Waals surface area contributed by atoms with Crippen LogP contribution in [0.4, 0.5) is 0 Å². The van der Waals surface area contributed by atoms with Gasteiger partial charge in [0.2, 0.25) is 0 Å². The van der Waals surface area contributed by atoms with Crippen LogP contribution in [0.2, 0.25) is 0 Å². The van der Waals surface area contributed by atoms with Crippen molar-refractivity contribution in [3.05, 3.63) is 36.5 Å². The summed E-state index contributed by atoms with van der Waals surface area (Å²) in [7, 11) is 0. The van der Waals surface area contributed by atoms with Crippen molar-refractivity contribution in [3.63, 3.8) is 0 Å². The van der Waals surface area contributed by atoms with Gasteiger partial charge in [-0.2, -0.15) is 0 Å². The lowest BCUT2D eigenvalue weighted by Crippen LogP contribution is -2.30. The Morgan fingerprint density at radius 1 is 0.302 bits per heavy atom. The van der Waals surface area contributed by atoms with Gasteiger partial charge in [-0.3, -0.25) is 14.4 Å². The molecule has 0 fully saturated rings. The first-order chi connectivity index (χ1) is 31.0. The zero-order chi connectivity index (χ0) is 45.8. The van der Waals surface area contributed by atoms with Crippen LogP contribution in [0.25, 0.3) is 0 Å². The van der Waals surface area contributed by atoms with Gasteiger partial charge in [0, 0.05) is 19.3 Å². The molecule has 0 unspecified atom stereocenters. The Kier molecular flexibility index (Phi) is 50.3. The van der Waals surface area contributed by atoms with Gasteiger partial charge in [-0.15, -0.1) is 0 Å². The highest BCUT2D eigenvalue weighted by molar-refractivity contribution is 5.71. The molecular weight excluding hydrogens is 781 g/mol. The summed E-state index contributed by atoms with van der Waals surface area (Å²) in [4.78, 5) is 38.0. The minimum Gasteiger partial charge on any atom is -0.462 e. The Balaban J connectivity index is 4.39. The lowest BCUT2D eigenvalue weighted by molar-refractivity contribution is -0.167. The fourth-order valence-electron chi connectivity index (χ4n) is 7.90. The molecule has 0 radical (unpaired) electrons. The second-order valence-electron chi connectivity index (χ2n) is 18.5. The Labute approximate surface area is 391 Å². The number of unbranched alkanes of at least 4 members (excludes halogenated alkanes) is 33. The van der Waals surface area contributed by atoms with Crippen LogP contribution in [0.15, 0.2) is 36.5 Å². The molecule has 0 spiro atoms. The molecule has 0 aromatic rings. The van der Waals surface area contributed by atoms with Crippen molar-refractivity contribution in [1.82, 2.24) is 0 Å². The smallest absolute Gasteiger partial charge is 0.306 e. The molecule has 63 heavy (non-hydrogen) atoms. The van der Waals surface area contributed by atoms with Crippen LogP contribution in [0.5, 0.6) is 0 Å². The van der Waals surface area contributed by atoms with Gasteiger partial charge in [-0.05, 0) is 96.3 Å². The largest absolute Gasteiger partial charge is 0.462 e. The number of carbonyl (C=O) groups excluding carboxylic acids is 3. The van der Waals surface area contributed by atoms with Crippen LogP contribution < -0.4 is 0 Å². The van der Waals surface area contributed by atoms with Gasteiger partial charge in [0.05, 0.1) is 0 Å². The molecule has 368 valence electrons. The molecule has 0 saturated heterocycles. The standard InChI is InChI=1S/C57H104O6/c1-4-7-10-13-16-19-22-25-27-28-30-33-36-39-42-45-48-51-57(60)63-54(52-61-55(58)49-46-43-40-37-34-31-24-21-18-15-12-9-6-3)53-62-56(59)50-47-44-41-38-35-32-29-26-23-20-17-14-11-8-5-2/h26,28-31,34,54H,4-25,27,32-33,35-53H2,1-3H3/b29-26-,30-28-,34-31-/t54-/m0/s1. The van der Waals surface area contributed by atoms with Crippen LogP contribution in [0.3, 0.4) is 0 Å². The second-order valence-corrected chi connectivity index (χ2v) is 18.5. The summed E-state index contributed by atoms with van der Waals surface area (Å²) in [5, 5.41) is 0. The van der Waals surface area contributed by atoms with Crippen LogP contribution >= 0.6 is 0 Å². The van der Waals surface area contributed by atoms with Crippen molar-refractivity contribution in [2.45, 2.75) is 297 Å². The summed E-state index contributed by atoms with van der Waals surface area (Å²) < 4.78 is 16.8. The first-order valence-corrected chi connectivity index (χ1v) is 27.5. The monoisotopic (exact) mass is 885 g/mol. The lowest BCUT2D eigenvalue weighted by Gasteiger charge is -2.18. The molecule has 0 amide bonds. The molecule has 6 nitrogen and oxygen atoms in total. The summed E-state index contributed by atoms with van der Waals surface area (Å²) in [6.45, 7) is 6.62. The first-order valence-electron chi connectivity index (χ1n) is 27.5. The van der Waals surface area contributed by atoms with Gasteiger partial charge in [0.1, 0.15) is 13.2 Å². The predicted molar refractivity (Wildman–Crippen MR) is 270 cm³/mol. The number of rotatable bonds is 50. The van der Waals surface area contributed by atoms with E-state index in [2.05, 4.69) is 57.2 Å². The van der Waals surface area contributed by atoms with Gasteiger partial charge < -0.3 is 14.2 Å². The van der Waals surface area contributed by atoms with Gasteiger partial charge in [0.15, 0.2) is 6.10 Å². The summed E-state index contributed by atoms with van der Waals surface area (Å²) in [5.41, 5.74) is 0. The Hall–Kier alpha value is -2.37. The third kappa shape index (κ3) is 50.5. The predicted octanol–water partition coefficient (Wildman–Crippen LogP) is 18.1. The van der Waals surface area contributed by atoms with E-state index in [-0.39, 0.29) is 31.1 Å². The summed E-state index contributed by atoms with van der Waals surface area (Å²) >= 11 is 0. The quantitative estimate of drug-likeness (QED) is 0.0262. The third-order valence-electron chi connectivity index (χ3n) is 12.1. The highest BCUT2D eigenvalue weighted by Gasteiger charge is 2.19. The van der Waals surface area contributed by atoms with E-state index in [0.717, 1.165) is 83.5 Å². The highest BCUT2D eigenvalue weighted by atomic mass is 16.6. The number of allylic oxidation sites excluding steroid dienone is 6. The Morgan fingerprint density at radius 2 is 0.524 bits per heavy atom. The number of hydrogen-bond acceptors (Lipinski definition) is 6. The van der Waals surface area contributed by atoms with Crippen molar-refractivity contribution >= 4 is 17.9 Å². The second kappa shape index (κ2) is 52.3. The average Bonchev–Trinajstić information content (AvgIpc) is 3.28. The molecule has 0 aromatic carbocycles. The van der Waals surface area contributed by atoms with E-state index in [9.17, 15) is 14.4 Å². The van der Waals surface area contributed by atoms with E-state index >= 15 is 0 Å². The van der Waals surface area contributed by atoms with Crippen molar-refractivity contribution in [2.75, 3.05) is 13.2 Å². The SMILES string of the molecule is CCCCCCCC/C=C\CCCCCCCC(=O)OC[C@H](COC(=O)CCCCC/C=C\CCCCCCCC)OC(=O)CCCCCCC/C=C\CCCCCCCCCC. The van der Waals surface area contributed by atoms with E-state index in [1.54, 1.807) is 0 Å². The van der Waals surface area contributed by atoms with Crippen molar-refractivity contribution in [2.24, 2.45) is 0 Å². The maximum Gasteiger partial charge on any atom is 0.306 e. The minimum atomic E-state index is -0.783. The molecule has 0 aromatic heterocycles. The first kappa shape index (κ1) is 60.6. The van der Waals surface area contributed by atoms with Gasteiger partial charge in [0.25, 0.3) is 0 Å². The van der Waals surface area contributed by atoms with Crippen molar-refractivity contribution < 1.29 is 28.6 Å². The fourth-order valence-corrected chi connectivity index (χ4v) is 7.90. The van der Waals surface area contributed by atoms with Gasteiger partial charge in [-0.1, -0.05) is 211 Å². The molecule has 6 heteroatoms. The molecule has 0 aliphatic carbocycles. The molecule has 0 heterocycles. The molecule has 0 aliphatic rings. The Morgan fingerprint density at radius 3 is 0.810 bits per heavy atom. The Bertz CT molecular complexity index is 1060. The van der Waals surface area contributed by atoms with Crippen LogP contribution in [0, 0.1) is 0 Å². The summed E-state index contributed by atoms with van der Waals surface area (Å²) in [6, 6.07) is 0. The molecule has 0 aliphatic heterocycles. The van der Waals surface area contributed by atoms with Crippen LogP contribution in [-0.2, 0) is 28.6 Å². The fraction of sp³-hybridized carbons (Fsp3) is 0.842. The van der Waals surface area contributed by atoms with Gasteiger partial charge in [-0.25, -0.2) is 0 Å². The van der Waals surface area contributed by atoms with Crippen molar-refractivity contribution in [1.29, 1.82) is 0 Å². The van der Waals surface area contributed by atoms with E-state index in [4.69, 9.17) is 14.2 Å². The zero-order valence-electron chi connectivity index (χ0n) is 42.1. The minimum absolute atomic E-state index is 0.0828. The normalized spacial score (nSPS) is 12.2. The van der Waals surface area contributed by atoms with Crippen LogP contribution in [0.1, 0.15) is 290 Å². The number of carbonyl (C=O) groups is 3. The van der Waals surface area contributed by atoms with Crippen molar-refractivity contribution in [3.8, 4) is 0 Å². The van der Waals surface area contributed by atoms with Crippen LogP contribution in [-0.4, -0.2) is 37.2 Å².